The summed E-state index contributed by atoms with van der Waals surface area (Å²) in [7, 11) is 0. The van der Waals surface area contributed by atoms with Gasteiger partial charge in [-0.3, -0.25) is 20.0 Å². The average molecular weight is 923 g/mol. The van der Waals surface area contributed by atoms with Crippen molar-refractivity contribution in [2.45, 2.75) is 83.0 Å². The van der Waals surface area contributed by atoms with Gasteiger partial charge in [0.2, 0.25) is 0 Å². The second kappa shape index (κ2) is 16.0. The monoisotopic (exact) mass is 922 g/mol. The molecule has 6 nitrogen and oxygen atoms in total. The Bertz CT molecular complexity index is 3520. The van der Waals surface area contributed by atoms with Crippen LogP contribution in [0.4, 0.5) is 11.4 Å². The first-order valence-corrected chi connectivity index (χ1v) is 24.9. The van der Waals surface area contributed by atoms with E-state index < -0.39 is 5.41 Å². The highest BCUT2D eigenvalue weighted by atomic mass is 15.4. The van der Waals surface area contributed by atoms with Crippen LogP contribution in [0.1, 0.15) is 89.0 Å². The molecule has 0 amide bonds. The SMILES string of the molecule is CC1(C)N=C(c2ccc(-c3ccc4c(c3)C(c3ccccc3)(c3ccccc3)c3c-4ccc4cc(-c5ccc(C6=NC(C)(C)C(C)(C)N6c6ccccc6)nc5)ccc34)cn2)N(c2ccccc2)C1(C)C. The van der Waals surface area contributed by atoms with Crippen molar-refractivity contribution in [1.29, 1.82) is 0 Å². The van der Waals surface area contributed by atoms with Crippen molar-refractivity contribution in [3.8, 4) is 33.4 Å². The van der Waals surface area contributed by atoms with Gasteiger partial charge >= 0.3 is 0 Å². The van der Waals surface area contributed by atoms with Crippen molar-refractivity contribution in [2.24, 2.45) is 9.98 Å². The number of pyridine rings is 2. The summed E-state index contributed by atoms with van der Waals surface area (Å²) in [6.07, 6.45) is 4.03. The van der Waals surface area contributed by atoms with Gasteiger partial charge in [0.05, 0.1) is 27.6 Å². The molecule has 2 aromatic heterocycles. The van der Waals surface area contributed by atoms with Gasteiger partial charge in [0, 0.05) is 34.9 Å². The van der Waals surface area contributed by atoms with E-state index >= 15 is 0 Å². The number of para-hydroxylation sites is 2. The van der Waals surface area contributed by atoms with Gasteiger partial charge in [-0.2, -0.15) is 0 Å². The summed E-state index contributed by atoms with van der Waals surface area (Å²) in [6.45, 7) is 17.9. The van der Waals surface area contributed by atoms with Crippen molar-refractivity contribution < 1.29 is 0 Å². The molecule has 7 aromatic carbocycles. The molecule has 0 unspecified atom stereocenters. The second-order valence-electron chi connectivity index (χ2n) is 21.5. The van der Waals surface area contributed by atoms with Crippen molar-refractivity contribution in [3.05, 3.63) is 240 Å². The molecule has 0 N–H and O–H groups in total. The van der Waals surface area contributed by atoms with E-state index in [9.17, 15) is 0 Å². The van der Waals surface area contributed by atoms with Crippen LogP contribution in [0.2, 0.25) is 0 Å². The van der Waals surface area contributed by atoms with Crippen LogP contribution in [-0.4, -0.2) is 43.8 Å². The zero-order valence-corrected chi connectivity index (χ0v) is 41.8. The zero-order valence-electron chi connectivity index (χ0n) is 41.8. The number of benzene rings is 7. The molecule has 2 aliphatic heterocycles. The van der Waals surface area contributed by atoms with Crippen LogP contribution in [0.15, 0.2) is 217 Å². The normalized spacial score (nSPS) is 17.7. The molecule has 0 bridgehead atoms. The van der Waals surface area contributed by atoms with Crippen molar-refractivity contribution in [1.82, 2.24) is 9.97 Å². The van der Waals surface area contributed by atoms with Crippen molar-refractivity contribution in [2.75, 3.05) is 9.80 Å². The fraction of sp³-hybridized carbons (Fsp3) is 0.200. The molecule has 3 aliphatic rings. The summed E-state index contributed by atoms with van der Waals surface area (Å²) in [6, 6.07) is 70.5. The number of rotatable bonds is 8. The first-order chi connectivity index (χ1) is 34.2. The van der Waals surface area contributed by atoms with Crippen LogP contribution in [-0.2, 0) is 5.41 Å². The third-order valence-electron chi connectivity index (χ3n) is 16.5. The fourth-order valence-corrected chi connectivity index (χ4v) is 11.4. The lowest BCUT2D eigenvalue weighted by Crippen LogP contribution is -2.53. The first-order valence-electron chi connectivity index (χ1n) is 24.9. The maximum absolute atomic E-state index is 5.32. The Hall–Kier alpha value is -7.96. The highest BCUT2D eigenvalue weighted by molar-refractivity contribution is 6.13. The number of amidine groups is 2. The van der Waals surface area contributed by atoms with Gasteiger partial charge in [-0.25, -0.2) is 0 Å². The lowest BCUT2D eigenvalue weighted by atomic mass is 9.66. The van der Waals surface area contributed by atoms with E-state index in [2.05, 4.69) is 259 Å². The van der Waals surface area contributed by atoms with Crippen LogP contribution >= 0.6 is 0 Å². The summed E-state index contributed by atoms with van der Waals surface area (Å²) < 4.78 is 0. The van der Waals surface area contributed by atoms with Crippen LogP contribution in [0.25, 0.3) is 44.2 Å². The second-order valence-corrected chi connectivity index (χ2v) is 21.5. The topological polar surface area (TPSA) is 57.0 Å². The van der Waals surface area contributed by atoms with Gasteiger partial charge in [0.25, 0.3) is 0 Å². The minimum absolute atomic E-state index is 0.256. The summed E-state index contributed by atoms with van der Waals surface area (Å²) >= 11 is 0. The quantitative estimate of drug-likeness (QED) is 0.152. The molecule has 9 aromatic rings. The number of aliphatic imine (C=N–C) groups is 2. The maximum Gasteiger partial charge on any atom is 0.155 e. The van der Waals surface area contributed by atoms with E-state index in [1.807, 2.05) is 12.4 Å². The predicted octanol–water partition coefficient (Wildman–Crippen LogP) is 15.0. The summed E-state index contributed by atoms with van der Waals surface area (Å²) in [4.78, 5) is 25.6. The smallest absolute Gasteiger partial charge is 0.155 e. The average Bonchev–Trinajstić information content (AvgIpc) is 3.89. The number of anilines is 2. The molecular weight excluding hydrogens is 865 g/mol. The third kappa shape index (κ3) is 6.68. The number of aromatic nitrogens is 2. The van der Waals surface area contributed by atoms with Gasteiger partial charge in [-0.05, 0) is 159 Å². The summed E-state index contributed by atoms with van der Waals surface area (Å²) in [5.74, 6) is 1.78. The Morgan fingerprint density at radius 2 is 0.803 bits per heavy atom. The fourth-order valence-electron chi connectivity index (χ4n) is 11.4. The van der Waals surface area contributed by atoms with Crippen LogP contribution in [0, 0.1) is 0 Å². The molecule has 71 heavy (non-hydrogen) atoms. The molecule has 1 aliphatic carbocycles. The summed E-state index contributed by atoms with van der Waals surface area (Å²) in [5.41, 5.74) is 14.0. The lowest BCUT2D eigenvalue weighted by molar-refractivity contribution is 0.338. The highest BCUT2D eigenvalue weighted by Gasteiger charge is 2.52. The van der Waals surface area contributed by atoms with Crippen LogP contribution in [0.3, 0.4) is 0 Å². The van der Waals surface area contributed by atoms with Crippen LogP contribution in [0.5, 0.6) is 0 Å². The maximum atomic E-state index is 5.32. The van der Waals surface area contributed by atoms with E-state index in [4.69, 9.17) is 20.0 Å². The Morgan fingerprint density at radius 3 is 1.27 bits per heavy atom. The van der Waals surface area contributed by atoms with Crippen LogP contribution < -0.4 is 9.80 Å². The Kier molecular flexibility index (Phi) is 10.0. The van der Waals surface area contributed by atoms with E-state index in [0.29, 0.717) is 0 Å². The largest absolute Gasteiger partial charge is 0.317 e. The molecule has 4 heterocycles. The first kappa shape index (κ1) is 44.3. The molecule has 0 saturated heterocycles. The lowest BCUT2D eigenvalue weighted by Gasteiger charge is -2.41. The van der Waals surface area contributed by atoms with Gasteiger partial charge in [0.15, 0.2) is 11.7 Å². The van der Waals surface area contributed by atoms with Crippen molar-refractivity contribution in [3.63, 3.8) is 0 Å². The molecule has 0 spiro atoms. The predicted molar refractivity (Wildman–Crippen MR) is 295 cm³/mol. The molecule has 12 rings (SSSR count). The van der Waals surface area contributed by atoms with Gasteiger partial charge in [-0.15, -0.1) is 0 Å². The number of hydrogen-bond acceptors (Lipinski definition) is 6. The van der Waals surface area contributed by atoms with Gasteiger partial charge in [0.1, 0.15) is 11.4 Å². The molecular formula is C65H58N6. The molecule has 348 valence electrons. The van der Waals surface area contributed by atoms with E-state index in [-0.39, 0.29) is 22.2 Å². The van der Waals surface area contributed by atoms with Gasteiger partial charge in [-0.1, -0.05) is 146 Å². The number of fused-ring (bicyclic) bond motifs is 5. The van der Waals surface area contributed by atoms with E-state index in [1.165, 1.54) is 44.2 Å². The summed E-state index contributed by atoms with van der Waals surface area (Å²) in [5, 5.41) is 2.40. The number of nitrogens with zero attached hydrogens (tertiary/aromatic N) is 6. The standard InChI is InChI=1S/C65H58N6/c1-61(2)63(5,6)70(50-25-17-11-18-26-50)59(68-61)56-37-32-46(41-66-56)43-29-34-52-45(39-43)31-36-54-53-35-30-44(40-55(53)65(58(52)54,48-21-13-9-14-22-48)49-23-15-10-16-24-49)47-33-38-57(67-42-47)60-69-62(3,4)64(7,8)71(60)51-27-19-12-20-28-51/h9-42H,1-8H3. The van der Waals surface area contributed by atoms with Crippen molar-refractivity contribution >= 4 is 33.8 Å². The Balaban J connectivity index is 0.954. The Labute approximate surface area is 418 Å². The Morgan fingerprint density at radius 1 is 0.380 bits per heavy atom. The van der Waals surface area contributed by atoms with E-state index in [1.54, 1.807) is 0 Å². The minimum Gasteiger partial charge on any atom is -0.317 e. The molecule has 0 atom stereocenters. The zero-order chi connectivity index (χ0) is 48.9. The van der Waals surface area contributed by atoms with Gasteiger partial charge < -0.3 is 9.80 Å². The highest BCUT2D eigenvalue weighted by Crippen LogP contribution is 2.59. The van der Waals surface area contributed by atoms with E-state index in [0.717, 1.165) is 56.7 Å². The number of hydrogen-bond donors (Lipinski definition) is 0. The molecule has 0 fully saturated rings. The third-order valence-corrected chi connectivity index (χ3v) is 16.5. The molecule has 6 heteroatoms. The molecule has 0 radical (unpaired) electrons. The minimum atomic E-state index is -0.610. The molecule has 0 saturated carbocycles.